The summed E-state index contributed by atoms with van der Waals surface area (Å²) in [6, 6.07) is 16.4. The largest absolute Gasteiger partial charge is 0.347 e. The van der Waals surface area contributed by atoms with Crippen LogP contribution in [-0.4, -0.2) is 22.4 Å². The fraction of sp³-hybridized carbons (Fsp3) is 0.190. The molecule has 4 rings (SSSR count). The molecule has 0 aliphatic carbocycles. The molecule has 1 N–H and O–H groups in total. The van der Waals surface area contributed by atoms with Crippen LogP contribution in [-0.2, 0) is 13.0 Å². The van der Waals surface area contributed by atoms with E-state index in [9.17, 15) is 4.79 Å². The molecule has 1 aliphatic rings. The summed E-state index contributed by atoms with van der Waals surface area (Å²) in [5.74, 6) is 0.553. The normalized spacial score (nSPS) is 12.7. The van der Waals surface area contributed by atoms with Crippen LogP contribution >= 0.6 is 0 Å². The molecule has 0 unspecified atom stereocenters. The van der Waals surface area contributed by atoms with E-state index in [4.69, 9.17) is 0 Å². The molecule has 5 nitrogen and oxygen atoms in total. The Labute approximate surface area is 152 Å². The van der Waals surface area contributed by atoms with Crippen molar-refractivity contribution in [3.8, 4) is 0 Å². The molecule has 0 atom stereocenters. The van der Waals surface area contributed by atoms with E-state index < -0.39 is 0 Å². The van der Waals surface area contributed by atoms with Gasteiger partial charge in [0.2, 0.25) is 0 Å². The number of fused-ring (bicyclic) bond motifs is 1. The fourth-order valence-electron chi connectivity index (χ4n) is 3.25. The van der Waals surface area contributed by atoms with Crippen LogP contribution in [0.25, 0.3) is 0 Å². The minimum absolute atomic E-state index is 0.215. The third kappa shape index (κ3) is 3.28. The van der Waals surface area contributed by atoms with E-state index >= 15 is 0 Å². The Morgan fingerprint density at radius 2 is 2.00 bits per heavy atom. The van der Waals surface area contributed by atoms with E-state index in [1.807, 2.05) is 31.2 Å². The van der Waals surface area contributed by atoms with E-state index in [2.05, 4.69) is 44.5 Å². The van der Waals surface area contributed by atoms with E-state index in [1.54, 1.807) is 12.4 Å². The number of amides is 1. The van der Waals surface area contributed by atoms with Crippen LogP contribution in [0.3, 0.4) is 0 Å². The Balaban J connectivity index is 1.44. The molecule has 2 heterocycles. The highest BCUT2D eigenvalue weighted by Crippen LogP contribution is 2.32. The van der Waals surface area contributed by atoms with E-state index in [-0.39, 0.29) is 5.91 Å². The highest BCUT2D eigenvalue weighted by Gasteiger charge is 2.21. The van der Waals surface area contributed by atoms with Gasteiger partial charge < -0.3 is 10.2 Å². The average Bonchev–Trinajstić information content (AvgIpc) is 3.10. The number of aryl methyl sites for hydroxylation is 1. The molecule has 1 aromatic heterocycles. The van der Waals surface area contributed by atoms with Gasteiger partial charge in [-0.25, -0.2) is 9.97 Å². The van der Waals surface area contributed by atoms with E-state index in [0.29, 0.717) is 12.2 Å². The molecule has 130 valence electrons. The van der Waals surface area contributed by atoms with Crippen molar-refractivity contribution >= 4 is 17.4 Å². The Morgan fingerprint density at radius 1 is 1.12 bits per heavy atom. The van der Waals surface area contributed by atoms with Crippen molar-refractivity contribution in [2.75, 3.05) is 11.4 Å². The van der Waals surface area contributed by atoms with Crippen molar-refractivity contribution in [2.45, 2.75) is 19.9 Å². The maximum absolute atomic E-state index is 12.3. The number of hydrogen-bond acceptors (Lipinski definition) is 4. The van der Waals surface area contributed by atoms with Crippen LogP contribution < -0.4 is 10.2 Å². The zero-order chi connectivity index (χ0) is 17.9. The Kier molecular flexibility index (Phi) is 4.35. The van der Waals surface area contributed by atoms with Gasteiger partial charge in [-0.05, 0) is 30.5 Å². The van der Waals surface area contributed by atoms with E-state index in [0.717, 1.165) is 24.3 Å². The number of carbonyl (C=O) groups excluding carboxylic acids is 1. The van der Waals surface area contributed by atoms with Gasteiger partial charge in [-0.15, -0.1) is 0 Å². The summed E-state index contributed by atoms with van der Waals surface area (Å²) in [5.41, 5.74) is 5.05. The summed E-state index contributed by atoms with van der Waals surface area (Å²) in [6.07, 6.45) is 4.21. The van der Waals surface area contributed by atoms with Crippen molar-refractivity contribution in [1.82, 2.24) is 15.3 Å². The summed E-state index contributed by atoms with van der Waals surface area (Å²) in [6.45, 7) is 3.39. The number of nitrogens with zero attached hydrogens (tertiary/aromatic N) is 3. The first-order valence-electron chi connectivity index (χ1n) is 8.72. The Hall–Kier alpha value is -3.21. The van der Waals surface area contributed by atoms with Gasteiger partial charge in [0.25, 0.3) is 5.91 Å². The second-order valence-corrected chi connectivity index (χ2v) is 6.46. The highest BCUT2D eigenvalue weighted by molar-refractivity contribution is 5.92. The topological polar surface area (TPSA) is 58.1 Å². The number of hydrogen-bond donors (Lipinski definition) is 1. The predicted octanol–water partition coefficient (Wildman–Crippen LogP) is 3.41. The molecule has 2 aromatic carbocycles. The summed E-state index contributed by atoms with van der Waals surface area (Å²) >= 11 is 0. The maximum Gasteiger partial charge on any atom is 0.271 e. The highest BCUT2D eigenvalue weighted by atomic mass is 16.1. The van der Waals surface area contributed by atoms with Gasteiger partial charge in [0.1, 0.15) is 5.69 Å². The second kappa shape index (κ2) is 6.96. The van der Waals surface area contributed by atoms with Crippen LogP contribution in [0.2, 0.25) is 0 Å². The SMILES string of the molecule is Cc1cccc(CNC(=O)c2cnc(N3CCc4ccccc43)cn2)c1. The zero-order valence-electron chi connectivity index (χ0n) is 14.6. The fourth-order valence-corrected chi connectivity index (χ4v) is 3.25. The van der Waals surface area contributed by atoms with Gasteiger partial charge in [-0.3, -0.25) is 4.79 Å². The molecular formula is C21H20N4O. The van der Waals surface area contributed by atoms with Crippen molar-refractivity contribution < 1.29 is 4.79 Å². The summed E-state index contributed by atoms with van der Waals surface area (Å²) in [5, 5.41) is 2.89. The van der Waals surface area contributed by atoms with Gasteiger partial charge >= 0.3 is 0 Å². The first-order chi connectivity index (χ1) is 12.7. The number of anilines is 2. The number of para-hydroxylation sites is 1. The molecule has 0 saturated heterocycles. The molecule has 0 spiro atoms. The van der Waals surface area contributed by atoms with Crippen molar-refractivity contribution in [2.24, 2.45) is 0 Å². The van der Waals surface area contributed by atoms with Crippen LogP contribution in [0.5, 0.6) is 0 Å². The number of rotatable bonds is 4. The molecule has 1 aliphatic heterocycles. The first kappa shape index (κ1) is 16.3. The van der Waals surface area contributed by atoms with Crippen molar-refractivity contribution in [1.29, 1.82) is 0 Å². The summed E-state index contributed by atoms with van der Waals surface area (Å²) in [4.78, 5) is 23.2. The third-order valence-corrected chi connectivity index (χ3v) is 4.57. The van der Waals surface area contributed by atoms with Crippen LogP contribution in [0.1, 0.15) is 27.2 Å². The van der Waals surface area contributed by atoms with Crippen LogP contribution in [0, 0.1) is 6.92 Å². The lowest BCUT2D eigenvalue weighted by Crippen LogP contribution is -2.24. The number of aromatic nitrogens is 2. The summed E-state index contributed by atoms with van der Waals surface area (Å²) in [7, 11) is 0. The predicted molar refractivity (Wildman–Crippen MR) is 102 cm³/mol. The lowest BCUT2D eigenvalue weighted by Gasteiger charge is -2.17. The van der Waals surface area contributed by atoms with Crippen LogP contribution in [0.15, 0.2) is 60.9 Å². The van der Waals surface area contributed by atoms with Crippen molar-refractivity contribution in [3.05, 3.63) is 83.3 Å². The van der Waals surface area contributed by atoms with Gasteiger partial charge in [0.15, 0.2) is 5.82 Å². The van der Waals surface area contributed by atoms with Gasteiger partial charge in [-0.1, -0.05) is 48.0 Å². The minimum atomic E-state index is -0.215. The monoisotopic (exact) mass is 344 g/mol. The number of benzene rings is 2. The van der Waals surface area contributed by atoms with Crippen LogP contribution in [0.4, 0.5) is 11.5 Å². The van der Waals surface area contributed by atoms with Crippen molar-refractivity contribution in [3.63, 3.8) is 0 Å². The number of nitrogens with one attached hydrogen (secondary N) is 1. The minimum Gasteiger partial charge on any atom is -0.347 e. The molecule has 1 amide bonds. The smallest absolute Gasteiger partial charge is 0.271 e. The third-order valence-electron chi connectivity index (χ3n) is 4.57. The molecule has 3 aromatic rings. The first-order valence-corrected chi connectivity index (χ1v) is 8.72. The van der Waals surface area contributed by atoms with E-state index in [1.165, 1.54) is 16.8 Å². The zero-order valence-corrected chi connectivity index (χ0v) is 14.6. The molecule has 26 heavy (non-hydrogen) atoms. The lowest BCUT2D eigenvalue weighted by molar-refractivity contribution is 0.0945. The average molecular weight is 344 g/mol. The molecule has 0 bridgehead atoms. The Morgan fingerprint density at radius 3 is 2.81 bits per heavy atom. The van der Waals surface area contributed by atoms with Gasteiger partial charge in [-0.2, -0.15) is 0 Å². The number of carbonyl (C=O) groups is 1. The van der Waals surface area contributed by atoms with Gasteiger partial charge in [0, 0.05) is 18.8 Å². The quantitative estimate of drug-likeness (QED) is 0.788. The maximum atomic E-state index is 12.3. The molecule has 0 radical (unpaired) electrons. The molecule has 0 fully saturated rings. The molecule has 5 heteroatoms. The Bertz CT molecular complexity index is 937. The summed E-state index contributed by atoms with van der Waals surface area (Å²) < 4.78 is 0. The molecule has 0 saturated carbocycles. The lowest BCUT2D eigenvalue weighted by atomic mass is 10.1. The second-order valence-electron chi connectivity index (χ2n) is 6.46. The molecular weight excluding hydrogens is 324 g/mol. The van der Waals surface area contributed by atoms with Gasteiger partial charge in [0.05, 0.1) is 12.4 Å². The standard InChI is InChI=1S/C21H20N4O/c1-15-5-4-6-16(11-15)12-24-21(26)18-13-23-20(14-22-18)25-10-9-17-7-2-3-8-19(17)25/h2-8,11,13-14H,9-10,12H2,1H3,(H,24,26).